The molecule has 1 aromatic rings. The molecule has 0 radical (unpaired) electrons. The molecule has 6 heteroatoms. The summed E-state index contributed by atoms with van der Waals surface area (Å²) in [5.41, 5.74) is 1.36. The summed E-state index contributed by atoms with van der Waals surface area (Å²) in [6, 6.07) is 6.89. The van der Waals surface area contributed by atoms with E-state index >= 15 is 0 Å². The second-order valence-corrected chi connectivity index (χ2v) is 7.45. The lowest BCUT2D eigenvalue weighted by molar-refractivity contribution is -0.142. The second kappa shape index (κ2) is 6.20. The molecule has 0 spiro atoms. The molecule has 120 valence electrons. The van der Waals surface area contributed by atoms with Crippen LogP contribution >= 0.6 is 11.8 Å². The predicted octanol–water partition coefficient (Wildman–Crippen LogP) is 3.43. The van der Waals surface area contributed by atoms with Crippen molar-refractivity contribution in [2.24, 2.45) is 0 Å². The Morgan fingerprint density at radius 1 is 1.27 bits per heavy atom. The molecule has 1 N–H and O–H groups in total. The SMILES string of the molecule is Cc1ccc([C@@H]2SC[C@H](C(=O)O)N2C(=O)OC(C)(C)C)cc1. The number of amides is 1. The maximum atomic E-state index is 12.5. The van der Waals surface area contributed by atoms with Crippen molar-refractivity contribution in [2.45, 2.75) is 44.7 Å². The molecule has 2 atom stereocenters. The fourth-order valence-corrected chi connectivity index (χ4v) is 3.63. The van der Waals surface area contributed by atoms with Crippen molar-refractivity contribution in [3.05, 3.63) is 35.4 Å². The van der Waals surface area contributed by atoms with E-state index in [1.165, 1.54) is 16.7 Å². The molecule has 1 aliphatic rings. The fraction of sp³-hybridized carbons (Fsp3) is 0.500. The van der Waals surface area contributed by atoms with Crippen LogP contribution in [0.3, 0.4) is 0 Å². The van der Waals surface area contributed by atoms with Crippen LogP contribution in [0.5, 0.6) is 0 Å². The van der Waals surface area contributed by atoms with E-state index in [2.05, 4.69) is 0 Å². The summed E-state index contributed by atoms with van der Waals surface area (Å²) in [7, 11) is 0. The third-order valence-corrected chi connectivity index (χ3v) is 4.58. The summed E-state index contributed by atoms with van der Waals surface area (Å²) in [5, 5.41) is 9.04. The van der Waals surface area contributed by atoms with Gasteiger partial charge in [-0.1, -0.05) is 29.8 Å². The third-order valence-electron chi connectivity index (χ3n) is 3.25. The van der Waals surface area contributed by atoms with E-state index in [0.29, 0.717) is 5.75 Å². The zero-order chi connectivity index (χ0) is 16.5. The van der Waals surface area contributed by atoms with E-state index in [1.807, 2.05) is 31.2 Å². The van der Waals surface area contributed by atoms with E-state index in [1.54, 1.807) is 20.8 Å². The van der Waals surface area contributed by atoms with Gasteiger partial charge in [0, 0.05) is 5.75 Å². The van der Waals surface area contributed by atoms with E-state index in [0.717, 1.165) is 11.1 Å². The molecule has 5 nitrogen and oxygen atoms in total. The Labute approximate surface area is 134 Å². The van der Waals surface area contributed by atoms with Crippen LogP contribution in [0.15, 0.2) is 24.3 Å². The number of ether oxygens (including phenoxy) is 1. The summed E-state index contributed by atoms with van der Waals surface area (Å²) in [4.78, 5) is 25.2. The van der Waals surface area contributed by atoms with Gasteiger partial charge in [-0.2, -0.15) is 0 Å². The minimum Gasteiger partial charge on any atom is -0.480 e. The van der Waals surface area contributed by atoms with Crippen molar-refractivity contribution >= 4 is 23.8 Å². The Hall–Kier alpha value is -1.69. The van der Waals surface area contributed by atoms with Gasteiger partial charge in [0.15, 0.2) is 0 Å². The first-order valence-corrected chi connectivity index (χ1v) is 8.16. The number of carboxylic acids is 1. The van der Waals surface area contributed by atoms with Crippen molar-refractivity contribution in [1.82, 2.24) is 4.90 Å². The van der Waals surface area contributed by atoms with Gasteiger partial charge in [-0.15, -0.1) is 11.8 Å². The first-order chi connectivity index (χ1) is 10.2. The normalized spacial score (nSPS) is 21.7. The molecule has 1 fully saturated rings. The quantitative estimate of drug-likeness (QED) is 0.903. The summed E-state index contributed by atoms with van der Waals surface area (Å²) in [5.74, 6) is -0.652. The Balaban J connectivity index is 2.30. The van der Waals surface area contributed by atoms with Gasteiger partial charge in [0.1, 0.15) is 17.0 Å². The van der Waals surface area contributed by atoms with E-state index in [-0.39, 0.29) is 5.37 Å². The number of nitrogens with zero attached hydrogens (tertiary/aromatic N) is 1. The molecule has 0 saturated carbocycles. The number of hydrogen-bond donors (Lipinski definition) is 1. The van der Waals surface area contributed by atoms with Gasteiger partial charge in [0.2, 0.25) is 0 Å². The Bertz CT molecular complexity index is 565. The van der Waals surface area contributed by atoms with Crippen molar-refractivity contribution < 1.29 is 19.4 Å². The molecule has 1 amide bonds. The van der Waals surface area contributed by atoms with Gasteiger partial charge >= 0.3 is 12.1 Å². The number of aryl methyl sites for hydroxylation is 1. The van der Waals surface area contributed by atoms with Crippen LogP contribution in [0, 0.1) is 6.92 Å². The Kier molecular flexibility index (Phi) is 4.70. The van der Waals surface area contributed by atoms with E-state index in [4.69, 9.17) is 4.74 Å². The summed E-state index contributed by atoms with van der Waals surface area (Å²) >= 11 is 1.44. The molecule has 1 aliphatic heterocycles. The molecule has 1 saturated heterocycles. The smallest absolute Gasteiger partial charge is 0.412 e. The molecule has 1 aromatic carbocycles. The van der Waals surface area contributed by atoms with Crippen LogP contribution in [-0.4, -0.2) is 39.5 Å². The molecule has 2 rings (SSSR count). The molecule has 0 aromatic heterocycles. The summed E-state index contributed by atoms with van der Waals surface area (Å²) in [6.45, 7) is 7.29. The van der Waals surface area contributed by atoms with Crippen LogP contribution in [0.1, 0.15) is 37.3 Å². The maximum absolute atomic E-state index is 12.5. The summed E-state index contributed by atoms with van der Waals surface area (Å²) < 4.78 is 5.39. The first kappa shape index (κ1) is 16.7. The third kappa shape index (κ3) is 3.74. The van der Waals surface area contributed by atoms with Crippen LogP contribution in [0.25, 0.3) is 0 Å². The first-order valence-electron chi connectivity index (χ1n) is 7.11. The average molecular weight is 323 g/mol. The van der Waals surface area contributed by atoms with Gasteiger partial charge in [0.05, 0.1) is 0 Å². The number of carbonyl (C=O) groups excluding carboxylic acids is 1. The molecular weight excluding hydrogens is 302 g/mol. The van der Waals surface area contributed by atoms with Crippen LogP contribution in [0.4, 0.5) is 4.79 Å². The molecule has 0 unspecified atom stereocenters. The zero-order valence-corrected chi connectivity index (χ0v) is 14.0. The Morgan fingerprint density at radius 3 is 2.36 bits per heavy atom. The number of thioether (sulfide) groups is 1. The monoisotopic (exact) mass is 323 g/mol. The van der Waals surface area contributed by atoms with Gasteiger partial charge in [-0.05, 0) is 33.3 Å². The molecular formula is C16H21NO4S. The van der Waals surface area contributed by atoms with Crippen molar-refractivity contribution in [2.75, 3.05) is 5.75 Å². The van der Waals surface area contributed by atoms with Crippen LogP contribution in [0.2, 0.25) is 0 Å². The highest BCUT2D eigenvalue weighted by molar-refractivity contribution is 7.99. The lowest BCUT2D eigenvalue weighted by Crippen LogP contribution is -2.45. The second-order valence-electron chi connectivity index (χ2n) is 6.34. The largest absolute Gasteiger partial charge is 0.480 e. The van der Waals surface area contributed by atoms with Gasteiger partial charge in [0.25, 0.3) is 0 Å². The van der Waals surface area contributed by atoms with Gasteiger partial charge in [-0.3, -0.25) is 4.90 Å². The van der Waals surface area contributed by atoms with Gasteiger partial charge < -0.3 is 9.84 Å². The lowest BCUT2D eigenvalue weighted by Gasteiger charge is -2.30. The number of benzene rings is 1. The minimum absolute atomic E-state index is 0.337. The molecule has 1 heterocycles. The number of carboxylic acid groups (broad SMARTS) is 1. The molecule has 22 heavy (non-hydrogen) atoms. The van der Waals surface area contributed by atoms with Crippen molar-refractivity contribution in [3.63, 3.8) is 0 Å². The highest BCUT2D eigenvalue weighted by Gasteiger charge is 2.44. The number of aliphatic carboxylic acids is 1. The predicted molar refractivity (Wildman–Crippen MR) is 85.9 cm³/mol. The highest BCUT2D eigenvalue weighted by Crippen LogP contribution is 2.42. The van der Waals surface area contributed by atoms with E-state index < -0.39 is 23.7 Å². The number of carbonyl (C=O) groups is 2. The van der Waals surface area contributed by atoms with E-state index in [9.17, 15) is 14.7 Å². The lowest BCUT2D eigenvalue weighted by atomic mass is 10.1. The van der Waals surface area contributed by atoms with Crippen molar-refractivity contribution in [1.29, 1.82) is 0 Å². The zero-order valence-electron chi connectivity index (χ0n) is 13.2. The number of hydrogen-bond acceptors (Lipinski definition) is 4. The average Bonchev–Trinajstić information content (AvgIpc) is 2.82. The topological polar surface area (TPSA) is 66.8 Å². The van der Waals surface area contributed by atoms with Crippen molar-refractivity contribution in [3.8, 4) is 0 Å². The van der Waals surface area contributed by atoms with Crippen LogP contribution in [-0.2, 0) is 9.53 Å². The van der Waals surface area contributed by atoms with Gasteiger partial charge in [-0.25, -0.2) is 9.59 Å². The molecule has 0 bridgehead atoms. The minimum atomic E-state index is -1.01. The fourth-order valence-electron chi connectivity index (χ4n) is 2.22. The standard InChI is InChI=1S/C16H21NO4S/c1-10-5-7-11(8-6-10)13-17(12(9-22-13)14(18)19)15(20)21-16(2,3)4/h5-8,12-13H,9H2,1-4H3,(H,18,19)/t12-,13+/m1/s1. The molecule has 0 aliphatic carbocycles. The number of rotatable bonds is 2. The van der Waals surface area contributed by atoms with Crippen LogP contribution < -0.4 is 0 Å². The summed E-state index contributed by atoms with van der Waals surface area (Å²) in [6.07, 6.45) is -0.588. The Morgan fingerprint density at radius 2 is 1.86 bits per heavy atom. The highest BCUT2D eigenvalue weighted by atomic mass is 32.2. The maximum Gasteiger partial charge on any atom is 0.412 e.